The normalized spacial score (nSPS) is 45.2. The van der Waals surface area contributed by atoms with Crippen molar-refractivity contribution in [3.63, 3.8) is 0 Å². The first kappa shape index (κ1) is 25.4. The van der Waals surface area contributed by atoms with Crippen LogP contribution in [-0.4, -0.2) is 30.4 Å². The molecule has 0 radical (unpaired) electrons. The number of ether oxygens (including phenoxy) is 2. The second kappa shape index (κ2) is 7.93. The van der Waals surface area contributed by atoms with E-state index in [9.17, 15) is 14.4 Å². The molecule has 0 aliphatic heterocycles. The number of hydrogen-bond donors (Lipinski definition) is 0. The molecule has 0 spiro atoms. The van der Waals surface area contributed by atoms with Gasteiger partial charge >= 0.3 is 11.9 Å². The Morgan fingerprint density at radius 1 is 0.912 bits per heavy atom. The maximum Gasteiger partial charge on any atom is 0.302 e. The third-order valence-corrected chi connectivity index (χ3v) is 11.3. The van der Waals surface area contributed by atoms with E-state index in [1.54, 1.807) is 0 Å². The van der Waals surface area contributed by atoms with E-state index in [4.69, 9.17) is 9.47 Å². The van der Waals surface area contributed by atoms with Gasteiger partial charge in [0.15, 0.2) is 5.78 Å². The van der Waals surface area contributed by atoms with Crippen LogP contribution >= 0.6 is 0 Å². The lowest BCUT2D eigenvalue weighted by Crippen LogP contribution is -2.64. The smallest absolute Gasteiger partial charge is 0.302 e. The van der Waals surface area contributed by atoms with Gasteiger partial charge in [-0.25, -0.2) is 0 Å². The monoisotopic (exact) mass is 472 g/mol. The maximum atomic E-state index is 13.8. The summed E-state index contributed by atoms with van der Waals surface area (Å²) >= 11 is 0. The van der Waals surface area contributed by atoms with Crippen LogP contribution in [0.15, 0.2) is 11.6 Å². The van der Waals surface area contributed by atoms with Crippen LogP contribution < -0.4 is 0 Å². The van der Waals surface area contributed by atoms with E-state index in [1.165, 1.54) is 13.8 Å². The van der Waals surface area contributed by atoms with E-state index < -0.39 is 5.41 Å². The lowest BCUT2D eigenvalue weighted by molar-refractivity contribution is -0.209. The second-order valence-electron chi connectivity index (χ2n) is 13.4. The van der Waals surface area contributed by atoms with Crippen molar-refractivity contribution in [2.45, 2.75) is 106 Å². The predicted molar refractivity (Wildman–Crippen MR) is 131 cm³/mol. The quantitative estimate of drug-likeness (QED) is 0.468. The molecular formula is C29H44O5. The summed E-state index contributed by atoms with van der Waals surface area (Å²) in [6, 6.07) is 0. The largest absolute Gasteiger partial charge is 0.465 e. The summed E-state index contributed by atoms with van der Waals surface area (Å²) in [6.45, 7) is 16.9. The third-order valence-electron chi connectivity index (χ3n) is 11.3. The van der Waals surface area contributed by atoms with Crippen LogP contribution in [0.4, 0.5) is 0 Å². The molecule has 0 N–H and O–H groups in total. The minimum atomic E-state index is -0.634. The van der Waals surface area contributed by atoms with E-state index >= 15 is 0 Å². The van der Waals surface area contributed by atoms with E-state index in [2.05, 4.69) is 40.7 Å². The SMILES string of the molecule is CC(=O)OC[C@@]1(C)CC[C@]2(C)C(=CCC3[C@@]4(C)CC[C@H](OC(C)=O)C(C)(C)C4CC[C@]32C)C1=O. The molecular weight excluding hydrogens is 428 g/mol. The van der Waals surface area contributed by atoms with Crippen molar-refractivity contribution >= 4 is 17.7 Å². The van der Waals surface area contributed by atoms with Gasteiger partial charge in [-0.1, -0.05) is 40.7 Å². The van der Waals surface area contributed by atoms with Crippen LogP contribution in [0.1, 0.15) is 100 Å². The molecule has 4 aliphatic carbocycles. The Morgan fingerprint density at radius 2 is 1.59 bits per heavy atom. The zero-order valence-corrected chi connectivity index (χ0v) is 22.5. The fraction of sp³-hybridized carbons (Fsp3) is 0.828. The summed E-state index contributed by atoms with van der Waals surface area (Å²) in [7, 11) is 0. The van der Waals surface area contributed by atoms with Crippen LogP contribution in [0.25, 0.3) is 0 Å². The minimum absolute atomic E-state index is 0.0315. The fourth-order valence-electron chi connectivity index (χ4n) is 9.02. The Bertz CT molecular complexity index is 933. The van der Waals surface area contributed by atoms with Gasteiger partial charge in [0.1, 0.15) is 12.7 Å². The van der Waals surface area contributed by atoms with Gasteiger partial charge in [-0.05, 0) is 80.1 Å². The minimum Gasteiger partial charge on any atom is -0.465 e. The molecule has 4 aliphatic rings. The van der Waals surface area contributed by atoms with Gasteiger partial charge in [0.25, 0.3) is 0 Å². The van der Waals surface area contributed by atoms with Crippen LogP contribution in [-0.2, 0) is 23.9 Å². The zero-order valence-electron chi connectivity index (χ0n) is 22.5. The number of carbonyl (C=O) groups is 3. The number of carbonyl (C=O) groups excluding carboxylic acids is 3. The van der Waals surface area contributed by atoms with Crippen LogP contribution in [0, 0.1) is 38.9 Å². The molecule has 5 nitrogen and oxygen atoms in total. The molecule has 0 aromatic heterocycles. The topological polar surface area (TPSA) is 69.7 Å². The standard InChI is InChI=1S/C29H44O5/c1-18(30)33-17-26(5)15-16-28(7)20(24(26)32)9-10-22-27(6)13-12-23(34-19(2)31)25(3,4)21(27)11-14-29(22,28)8/h9,21-23H,10-17H2,1-8H3/t21?,22?,23-,26+,27-,28+,29+/m0/s1. The number of Topliss-reactive ketones (excluding diaryl/α,β-unsaturated/α-hetero) is 1. The number of ketones is 1. The van der Waals surface area contributed by atoms with Gasteiger partial charge < -0.3 is 9.47 Å². The molecule has 0 bridgehead atoms. The molecule has 7 atom stereocenters. The highest BCUT2D eigenvalue weighted by Gasteiger charge is 2.68. The fourth-order valence-corrected chi connectivity index (χ4v) is 9.02. The maximum absolute atomic E-state index is 13.8. The Balaban J connectivity index is 1.68. The molecule has 4 rings (SSSR count). The number of fused-ring (bicyclic) bond motifs is 5. The van der Waals surface area contributed by atoms with Crippen molar-refractivity contribution in [3.05, 3.63) is 11.6 Å². The first-order valence-electron chi connectivity index (χ1n) is 13.2. The van der Waals surface area contributed by atoms with Crippen molar-refractivity contribution in [2.75, 3.05) is 6.61 Å². The van der Waals surface area contributed by atoms with E-state index in [0.29, 0.717) is 11.8 Å². The number of allylic oxidation sites excluding steroid dienone is 2. The van der Waals surface area contributed by atoms with Gasteiger partial charge in [-0.3, -0.25) is 14.4 Å². The number of esters is 2. The molecule has 3 fully saturated rings. The van der Waals surface area contributed by atoms with E-state index in [1.807, 2.05) is 6.92 Å². The van der Waals surface area contributed by atoms with Crippen molar-refractivity contribution in [1.82, 2.24) is 0 Å². The summed E-state index contributed by atoms with van der Waals surface area (Å²) in [5, 5.41) is 0. The highest BCUT2D eigenvalue weighted by Crippen LogP contribution is 2.73. The summed E-state index contributed by atoms with van der Waals surface area (Å²) < 4.78 is 11.1. The first-order valence-corrected chi connectivity index (χ1v) is 13.2. The van der Waals surface area contributed by atoms with Gasteiger partial charge in [0.2, 0.25) is 0 Å². The summed E-state index contributed by atoms with van der Waals surface area (Å²) in [4.78, 5) is 37.1. The highest BCUT2D eigenvalue weighted by molar-refractivity contribution is 6.02. The van der Waals surface area contributed by atoms with Crippen LogP contribution in [0.5, 0.6) is 0 Å². The molecule has 0 aromatic rings. The van der Waals surface area contributed by atoms with Crippen molar-refractivity contribution < 1.29 is 23.9 Å². The molecule has 0 aromatic carbocycles. The third kappa shape index (κ3) is 3.43. The van der Waals surface area contributed by atoms with Crippen molar-refractivity contribution in [1.29, 1.82) is 0 Å². The van der Waals surface area contributed by atoms with E-state index in [0.717, 1.165) is 50.5 Å². The van der Waals surface area contributed by atoms with Crippen LogP contribution in [0.3, 0.4) is 0 Å². The lowest BCUT2D eigenvalue weighted by Gasteiger charge is -2.69. The van der Waals surface area contributed by atoms with Crippen molar-refractivity contribution in [2.24, 2.45) is 38.9 Å². The van der Waals surface area contributed by atoms with Gasteiger partial charge in [0, 0.05) is 24.7 Å². The molecule has 34 heavy (non-hydrogen) atoms. The Kier molecular flexibility index (Phi) is 5.93. The summed E-state index contributed by atoms with van der Waals surface area (Å²) in [5.74, 6) is 0.620. The summed E-state index contributed by atoms with van der Waals surface area (Å²) in [5.41, 5.74) is 0.265. The molecule has 5 heteroatoms. The molecule has 2 unspecified atom stereocenters. The average molecular weight is 473 g/mol. The second-order valence-corrected chi connectivity index (χ2v) is 13.4. The van der Waals surface area contributed by atoms with Crippen molar-refractivity contribution in [3.8, 4) is 0 Å². The predicted octanol–water partition coefficient (Wildman–Crippen LogP) is 6.05. The van der Waals surface area contributed by atoms with Gasteiger partial charge in [0.05, 0.1) is 5.41 Å². The molecule has 0 heterocycles. The van der Waals surface area contributed by atoms with Gasteiger partial charge in [-0.15, -0.1) is 0 Å². The average Bonchev–Trinajstić information content (AvgIpc) is 2.73. The first-order chi connectivity index (χ1) is 15.6. The summed E-state index contributed by atoms with van der Waals surface area (Å²) in [6.07, 6.45) is 8.94. The Labute approximate surface area is 205 Å². The Morgan fingerprint density at radius 3 is 2.21 bits per heavy atom. The molecule has 190 valence electrons. The zero-order chi connectivity index (χ0) is 25.3. The van der Waals surface area contributed by atoms with Crippen LogP contribution in [0.2, 0.25) is 0 Å². The highest BCUT2D eigenvalue weighted by atomic mass is 16.5. The van der Waals surface area contributed by atoms with E-state index in [-0.39, 0.29) is 52.1 Å². The Hall–Kier alpha value is -1.65. The number of rotatable bonds is 3. The lowest BCUT2D eigenvalue weighted by atomic mass is 9.35. The molecule has 3 saturated carbocycles. The molecule has 0 amide bonds. The molecule has 0 saturated heterocycles. The van der Waals surface area contributed by atoms with Gasteiger partial charge in [-0.2, -0.15) is 0 Å². The number of hydrogen-bond acceptors (Lipinski definition) is 5.